The number of phenolic OH excluding ortho intramolecular Hbond substituents is 1. The van der Waals surface area contributed by atoms with E-state index in [4.69, 9.17) is 4.74 Å². The molecule has 0 aliphatic carbocycles. The SMILES string of the molecule is CCCCCCOc1ccc(-c2ncncn2)c(O)c1C.c1ncncn1. The maximum Gasteiger partial charge on any atom is 0.166 e. The van der Waals surface area contributed by atoms with Crippen LogP contribution in [0.5, 0.6) is 11.5 Å². The smallest absolute Gasteiger partial charge is 0.166 e. The van der Waals surface area contributed by atoms with Gasteiger partial charge in [-0.25, -0.2) is 29.9 Å². The standard InChI is InChI=1S/C16H21N3O2.C3H3N3/c1-3-4-5-6-9-21-14-8-7-13(15(20)12(14)2)16-18-10-17-11-19-16;1-4-2-6-3-5-1/h7-8,10-11,20H,3-6,9H2,1-2H3;1-3H. The summed E-state index contributed by atoms with van der Waals surface area (Å²) in [4.78, 5) is 22.6. The van der Waals surface area contributed by atoms with Crippen LogP contribution in [-0.4, -0.2) is 41.6 Å². The number of hydrogen-bond acceptors (Lipinski definition) is 8. The number of hydrogen-bond donors (Lipinski definition) is 1. The molecule has 0 aliphatic rings. The topological polar surface area (TPSA) is 107 Å². The Hall–Kier alpha value is -3.16. The number of phenols is 1. The van der Waals surface area contributed by atoms with Crippen LogP contribution in [0.4, 0.5) is 0 Å². The monoisotopic (exact) mass is 368 g/mol. The van der Waals surface area contributed by atoms with E-state index in [-0.39, 0.29) is 5.75 Å². The first-order chi connectivity index (χ1) is 13.2. The molecule has 142 valence electrons. The largest absolute Gasteiger partial charge is 0.507 e. The lowest BCUT2D eigenvalue weighted by atomic mass is 10.1. The van der Waals surface area contributed by atoms with Gasteiger partial charge in [0.15, 0.2) is 5.82 Å². The van der Waals surface area contributed by atoms with Crippen molar-refractivity contribution in [2.24, 2.45) is 0 Å². The number of benzene rings is 1. The van der Waals surface area contributed by atoms with E-state index in [2.05, 4.69) is 36.8 Å². The van der Waals surface area contributed by atoms with Gasteiger partial charge in [0.2, 0.25) is 0 Å². The molecule has 0 aliphatic heterocycles. The molecule has 0 spiro atoms. The van der Waals surface area contributed by atoms with Crippen LogP contribution in [-0.2, 0) is 0 Å². The molecule has 8 heteroatoms. The first-order valence-corrected chi connectivity index (χ1v) is 8.86. The molecule has 2 heterocycles. The van der Waals surface area contributed by atoms with E-state index < -0.39 is 0 Å². The third-order valence-corrected chi connectivity index (χ3v) is 3.77. The summed E-state index contributed by atoms with van der Waals surface area (Å²) < 4.78 is 5.74. The quantitative estimate of drug-likeness (QED) is 0.633. The zero-order chi connectivity index (χ0) is 19.3. The van der Waals surface area contributed by atoms with Crippen molar-refractivity contribution in [3.05, 3.63) is 49.3 Å². The third kappa shape index (κ3) is 6.58. The molecule has 1 aromatic carbocycles. The highest BCUT2D eigenvalue weighted by Crippen LogP contribution is 2.35. The van der Waals surface area contributed by atoms with Gasteiger partial charge in [-0.15, -0.1) is 0 Å². The number of nitrogens with zero attached hydrogens (tertiary/aromatic N) is 6. The van der Waals surface area contributed by atoms with E-state index in [0.29, 0.717) is 29.3 Å². The van der Waals surface area contributed by atoms with E-state index in [1.54, 1.807) is 6.07 Å². The highest BCUT2D eigenvalue weighted by molar-refractivity contribution is 5.68. The Morgan fingerprint density at radius 1 is 0.852 bits per heavy atom. The highest BCUT2D eigenvalue weighted by atomic mass is 16.5. The van der Waals surface area contributed by atoms with Crippen molar-refractivity contribution < 1.29 is 9.84 Å². The van der Waals surface area contributed by atoms with Crippen molar-refractivity contribution in [1.29, 1.82) is 0 Å². The molecule has 0 saturated heterocycles. The average Bonchev–Trinajstić information content (AvgIpc) is 2.73. The second-order valence-corrected chi connectivity index (χ2v) is 5.75. The lowest BCUT2D eigenvalue weighted by Crippen LogP contribution is -2.00. The summed E-state index contributed by atoms with van der Waals surface area (Å²) in [7, 11) is 0. The van der Waals surface area contributed by atoms with Crippen LogP contribution >= 0.6 is 0 Å². The minimum absolute atomic E-state index is 0.159. The van der Waals surface area contributed by atoms with Gasteiger partial charge in [-0.1, -0.05) is 26.2 Å². The number of aromatic nitrogens is 6. The Bertz CT molecular complexity index is 760. The van der Waals surface area contributed by atoms with E-state index in [1.807, 2.05) is 13.0 Å². The zero-order valence-corrected chi connectivity index (χ0v) is 15.6. The average molecular weight is 368 g/mol. The number of ether oxygens (including phenoxy) is 1. The molecule has 1 N–H and O–H groups in total. The molecular formula is C19H24N6O2. The van der Waals surface area contributed by atoms with Crippen molar-refractivity contribution in [3.8, 4) is 22.9 Å². The summed E-state index contributed by atoms with van der Waals surface area (Å²) in [6, 6.07) is 3.63. The fraction of sp³-hybridized carbons (Fsp3) is 0.368. The number of rotatable bonds is 7. The third-order valence-electron chi connectivity index (χ3n) is 3.77. The van der Waals surface area contributed by atoms with Crippen molar-refractivity contribution in [3.63, 3.8) is 0 Å². The van der Waals surface area contributed by atoms with Gasteiger partial charge < -0.3 is 9.84 Å². The molecule has 27 heavy (non-hydrogen) atoms. The Morgan fingerprint density at radius 3 is 2.07 bits per heavy atom. The summed E-state index contributed by atoms with van der Waals surface area (Å²) in [6.07, 6.45) is 11.8. The van der Waals surface area contributed by atoms with Gasteiger partial charge in [0.05, 0.1) is 12.2 Å². The maximum absolute atomic E-state index is 10.3. The molecule has 3 aromatic rings. The van der Waals surface area contributed by atoms with Crippen molar-refractivity contribution in [2.75, 3.05) is 6.61 Å². The second-order valence-electron chi connectivity index (χ2n) is 5.75. The highest BCUT2D eigenvalue weighted by Gasteiger charge is 2.13. The van der Waals surface area contributed by atoms with Crippen molar-refractivity contribution in [1.82, 2.24) is 29.9 Å². The van der Waals surface area contributed by atoms with Crippen molar-refractivity contribution in [2.45, 2.75) is 39.5 Å². The molecule has 0 amide bonds. The van der Waals surface area contributed by atoms with E-state index >= 15 is 0 Å². The minimum atomic E-state index is 0.159. The summed E-state index contributed by atoms with van der Waals surface area (Å²) in [5.74, 6) is 1.33. The van der Waals surface area contributed by atoms with Crippen molar-refractivity contribution >= 4 is 0 Å². The molecule has 0 unspecified atom stereocenters. The molecule has 0 radical (unpaired) electrons. The number of unbranched alkanes of at least 4 members (excludes halogenated alkanes) is 3. The van der Waals surface area contributed by atoms with E-state index in [0.717, 1.165) is 6.42 Å². The Labute approximate surface area is 158 Å². The normalized spacial score (nSPS) is 10.0. The van der Waals surface area contributed by atoms with Gasteiger partial charge in [-0.05, 0) is 25.5 Å². The fourth-order valence-electron chi connectivity index (χ4n) is 2.31. The van der Waals surface area contributed by atoms with Gasteiger partial charge in [0.1, 0.15) is 43.1 Å². The van der Waals surface area contributed by atoms with Crippen LogP contribution in [0.3, 0.4) is 0 Å². The Morgan fingerprint density at radius 2 is 1.48 bits per heavy atom. The summed E-state index contributed by atoms with van der Waals surface area (Å²) in [6.45, 7) is 4.69. The molecule has 8 nitrogen and oxygen atoms in total. The van der Waals surface area contributed by atoms with Gasteiger partial charge in [0, 0.05) is 5.56 Å². The molecule has 2 aromatic heterocycles. The Balaban J connectivity index is 0.000000369. The van der Waals surface area contributed by atoms with Crippen LogP contribution in [0.25, 0.3) is 11.4 Å². The van der Waals surface area contributed by atoms with Crippen LogP contribution in [0.2, 0.25) is 0 Å². The predicted octanol–water partition coefficient (Wildman–Crippen LogP) is 3.38. The minimum Gasteiger partial charge on any atom is -0.507 e. The summed E-state index contributed by atoms with van der Waals surface area (Å²) >= 11 is 0. The first-order valence-electron chi connectivity index (χ1n) is 8.86. The van der Waals surface area contributed by atoms with Gasteiger partial charge in [-0.2, -0.15) is 0 Å². The molecule has 3 rings (SSSR count). The molecule has 0 bridgehead atoms. The fourth-order valence-corrected chi connectivity index (χ4v) is 2.31. The van der Waals surface area contributed by atoms with Crippen LogP contribution in [0, 0.1) is 6.92 Å². The zero-order valence-electron chi connectivity index (χ0n) is 15.6. The molecule has 0 atom stereocenters. The first kappa shape index (κ1) is 20.2. The maximum atomic E-state index is 10.3. The van der Waals surface area contributed by atoms with Crippen LogP contribution in [0.1, 0.15) is 38.2 Å². The molecule has 0 saturated carbocycles. The molecular weight excluding hydrogens is 344 g/mol. The summed E-state index contributed by atoms with van der Waals surface area (Å²) in [5, 5.41) is 10.3. The predicted molar refractivity (Wildman–Crippen MR) is 101 cm³/mol. The van der Waals surface area contributed by atoms with Gasteiger partial charge in [-0.3, -0.25) is 0 Å². The molecule has 0 fully saturated rings. The lowest BCUT2D eigenvalue weighted by molar-refractivity contribution is 0.301. The van der Waals surface area contributed by atoms with Crippen LogP contribution < -0.4 is 4.74 Å². The number of aromatic hydroxyl groups is 1. The van der Waals surface area contributed by atoms with E-state index in [1.165, 1.54) is 50.9 Å². The van der Waals surface area contributed by atoms with E-state index in [9.17, 15) is 5.11 Å². The van der Waals surface area contributed by atoms with Gasteiger partial charge in [0.25, 0.3) is 0 Å². The van der Waals surface area contributed by atoms with Gasteiger partial charge >= 0.3 is 0 Å². The summed E-state index contributed by atoms with van der Waals surface area (Å²) in [5.41, 5.74) is 1.30. The Kier molecular flexibility index (Phi) is 8.55. The lowest BCUT2D eigenvalue weighted by Gasteiger charge is -2.12. The second kappa shape index (κ2) is 11.5. The van der Waals surface area contributed by atoms with Crippen LogP contribution in [0.15, 0.2) is 43.8 Å².